The van der Waals surface area contributed by atoms with Crippen LogP contribution in [0.1, 0.15) is 6.92 Å². The van der Waals surface area contributed by atoms with Crippen LogP contribution in [-0.2, 0) is 4.74 Å². The van der Waals surface area contributed by atoms with Crippen molar-refractivity contribution in [1.29, 1.82) is 0 Å². The van der Waals surface area contributed by atoms with Gasteiger partial charge in [0.2, 0.25) is 0 Å². The molecule has 0 aliphatic rings. The summed E-state index contributed by atoms with van der Waals surface area (Å²) in [6.07, 6.45) is -1.25. The molecule has 3 aromatic carbocycles. The quantitative estimate of drug-likeness (QED) is 0.389. The molecule has 0 spiro atoms. The molecule has 3 aromatic rings. The van der Waals surface area contributed by atoms with Crippen molar-refractivity contribution < 1.29 is 14.3 Å². The van der Waals surface area contributed by atoms with E-state index >= 15 is 0 Å². The molecule has 25 heavy (non-hydrogen) atoms. The number of para-hydroxylation sites is 1. The monoisotopic (exact) mass is 333 g/mol. The SMILES string of the molecule is CC(Nc1ccccc1)OC(=O)Oc1ccc(-c2ccccc2)cc1. The Hall–Kier alpha value is -3.27. The Labute approximate surface area is 147 Å². The van der Waals surface area contributed by atoms with Gasteiger partial charge in [0.1, 0.15) is 5.75 Å². The summed E-state index contributed by atoms with van der Waals surface area (Å²) in [4.78, 5) is 11.9. The number of rotatable bonds is 5. The number of nitrogens with one attached hydrogen (secondary N) is 1. The van der Waals surface area contributed by atoms with Crippen LogP contribution < -0.4 is 10.1 Å². The maximum absolute atomic E-state index is 11.9. The number of anilines is 1. The van der Waals surface area contributed by atoms with E-state index in [0.29, 0.717) is 5.75 Å². The van der Waals surface area contributed by atoms with Crippen LogP contribution >= 0.6 is 0 Å². The normalized spacial score (nSPS) is 11.4. The maximum atomic E-state index is 11.9. The van der Waals surface area contributed by atoms with Gasteiger partial charge in [-0.25, -0.2) is 4.79 Å². The summed E-state index contributed by atoms with van der Waals surface area (Å²) < 4.78 is 10.4. The van der Waals surface area contributed by atoms with Gasteiger partial charge in [0, 0.05) is 5.69 Å². The van der Waals surface area contributed by atoms with Crippen LogP contribution in [0, 0.1) is 0 Å². The summed E-state index contributed by atoms with van der Waals surface area (Å²) in [5.74, 6) is 0.441. The topological polar surface area (TPSA) is 47.6 Å². The molecule has 0 radical (unpaired) electrons. The lowest BCUT2D eigenvalue weighted by Gasteiger charge is -2.15. The summed E-state index contributed by atoms with van der Waals surface area (Å²) in [5, 5.41) is 3.07. The van der Waals surface area contributed by atoms with Crippen LogP contribution in [-0.4, -0.2) is 12.4 Å². The zero-order valence-electron chi connectivity index (χ0n) is 13.9. The standard InChI is InChI=1S/C21H19NO3/c1-16(22-19-10-6-3-7-11-19)24-21(23)25-20-14-12-18(13-15-20)17-8-4-2-5-9-17/h2-16,22H,1H3. The van der Waals surface area contributed by atoms with Crippen LogP contribution in [0.2, 0.25) is 0 Å². The van der Waals surface area contributed by atoms with E-state index in [-0.39, 0.29) is 0 Å². The molecule has 0 aromatic heterocycles. The fourth-order valence-corrected chi connectivity index (χ4v) is 2.41. The second-order valence-electron chi connectivity index (χ2n) is 5.51. The van der Waals surface area contributed by atoms with Crippen molar-refractivity contribution >= 4 is 11.8 Å². The summed E-state index contributed by atoms with van der Waals surface area (Å²) in [6.45, 7) is 1.74. The third kappa shape index (κ3) is 4.85. The van der Waals surface area contributed by atoms with Gasteiger partial charge in [-0.05, 0) is 42.3 Å². The summed E-state index contributed by atoms with van der Waals surface area (Å²) in [5.41, 5.74) is 3.03. The second kappa shape index (κ2) is 8.02. The Morgan fingerprint density at radius 3 is 2.00 bits per heavy atom. The molecule has 1 atom stereocenters. The van der Waals surface area contributed by atoms with Crippen molar-refractivity contribution in [2.75, 3.05) is 5.32 Å². The molecule has 0 aliphatic carbocycles. The third-order valence-corrected chi connectivity index (χ3v) is 3.58. The van der Waals surface area contributed by atoms with E-state index in [0.717, 1.165) is 16.8 Å². The predicted octanol–water partition coefficient (Wildman–Crippen LogP) is 5.33. The van der Waals surface area contributed by atoms with Crippen molar-refractivity contribution in [3.8, 4) is 16.9 Å². The molecule has 0 saturated heterocycles. The first-order valence-corrected chi connectivity index (χ1v) is 8.06. The highest BCUT2D eigenvalue weighted by Crippen LogP contribution is 2.22. The highest BCUT2D eigenvalue weighted by atomic mass is 16.7. The zero-order chi connectivity index (χ0) is 17.5. The first kappa shape index (κ1) is 16.6. The van der Waals surface area contributed by atoms with Gasteiger partial charge in [0.15, 0.2) is 6.23 Å². The van der Waals surface area contributed by atoms with Crippen molar-refractivity contribution in [3.05, 3.63) is 84.9 Å². The summed E-state index contributed by atoms with van der Waals surface area (Å²) in [6, 6.07) is 26.8. The average molecular weight is 333 g/mol. The van der Waals surface area contributed by atoms with Crippen molar-refractivity contribution in [1.82, 2.24) is 0 Å². The highest BCUT2D eigenvalue weighted by molar-refractivity contribution is 5.67. The van der Waals surface area contributed by atoms with Gasteiger partial charge in [-0.15, -0.1) is 0 Å². The lowest BCUT2D eigenvalue weighted by atomic mass is 10.1. The second-order valence-corrected chi connectivity index (χ2v) is 5.51. The number of benzene rings is 3. The fourth-order valence-electron chi connectivity index (χ4n) is 2.41. The van der Waals surface area contributed by atoms with E-state index in [9.17, 15) is 4.79 Å². The van der Waals surface area contributed by atoms with E-state index in [2.05, 4.69) is 5.32 Å². The molecule has 0 fully saturated rings. The van der Waals surface area contributed by atoms with Gasteiger partial charge in [0.05, 0.1) is 0 Å². The number of hydrogen-bond donors (Lipinski definition) is 1. The minimum atomic E-state index is -0.747. The van der Waals surface area contributed by atoms with E-state index in [1.54, 1.807) is 19.1 Å². The van der Waals surface area contributed by atoms with Crippen LogP contribution in [0.15, 0.2) is 84.9 Å². The molecule has 3 rings (SSSR count). The lowest BCUT2D eigenvalue weighted by molar-refractivity contribution is 0.0760. The van der Waals surface area contributed by atoms with E-state index in [1.165, 1.54) is 0 Å². The van der Waals surface area contributed by atoms with Crippen LogP contribution in [0.25, 0.3) is 11.1 Å². The van der Waals surface area contributed by atoms with Gasteiger partial charge < -0.3 is 14.8 Å². The van der Waals surface area contributed by atoms with Crippen LogP contribution in [0.5, 0.6) is 5.75 Å². The molecular formula is C21H19NO3. The number of hydrogen-bond acceptors (Lipinski definition) is 4. The van der Waals surface area contributed by atoms with Crippen molar-refractivity contribution in [2.24, 2.45) is 0 Å². The Balaban J connectivity index is 1.54. The lowest BCUT2D eigenvalue weighted by Crippen LogP contribution is -2.25. The average Bonchev–Trinajstić information content (AvgIpc) is 2.63. The van der Waals surface area contributed by atoms with E-state index in [4.69, 9.17) is 9.47 Å². The largest absolute Gasteiger partial charge is 0.515 e. The molecule has 1 unspecified atom stereocenters. The molecule has 4 nitrogen and oxygen atoms in total. The van der Waals surface area contributed by atoms with Gasteiger partial charge in [-0.1, -0.05) is 60.7 Å². The molecular weight excluding hydrogens is 314 g/mol. The summed E-state index contributed by atoms with van der Waals surface area (Å²) in [7, 11) is 0. The molecule has 1 N–H and O–H groups in total. The van der Waals surface area contributed by atoms with E-state index in [1.807, 2.05) is 72.8 Å². The molecule has 0 saturated carbocycles. The van der Waals surface area contributed by atoms with Gasteiger partial charge in [-0.3, -0.25) is 0 Å². The first-order chi connectivity index (χ1) is 12.2. The van der Waals surface area contributed by atoms with Crippen molar-refractivity contribution in [3.63, 3.8) is 0 Å². The molecule has 126 valence electrons. The summed E-state index contributed by atoms with van der Waals surface area (Å²) >= 11 is 0. The Morgan fingerprint density at radius 1 is 0.800 bits per heavy atom. The van der Waals surface area contributed by atoms with Gasteiger partial charge in [0.25, 0.3) is 0 Å². The number of carbonyl (C=O) groups is 1. The van der Waals surface area contributed by atoms with Gasteiger partial charge in [-0.2, -0.15) is 0 Å². The molecule has 0 heterocycles. The predicted molar refractivity (Wildman–Crippen MR) is 98.5 cm³/mol. The molecule has 0 aliphatic heterocycles. The van der Waals surface area contributed by atoms with E-state index < -0.39 is 12.4 Å². The Kier molecular flexibility index (Phi) is 5.32. The Morgan fingerprint density at radius 2 is 1.36 bits per heavy atom. The van der Waals surface area contributed by atoms with Crippen molar-refractivity contribution in [2.45, 2.75) is 13.2 Å². The molecule has 0 bridgehead atoms. The third-order valence-electron chi connectivity index (χ3n) is 3.58. The van der Waals surface area contributed by atoms with Crippen LogP contribution in [0.3, 0.4) is 0 Å². The van der Waals surface area contributed by atoms with Gasteiger partial charge >= 0.3 is 6.16 Å². The maximum Gasteiger partial charge on any atom is 0.515 e. The molecule has 0 amide bonds. The smallest absolute Gasteiger partial charge is 0.410 e. The highest BCUT2D eigenvalue weighted by Gasteiger charge is 2.11. The minimum Gasteiger partial charge on any atom is -0.410 e. The minimum absolute atomic E-state index is 0.441. The zero-order valence-corrected chi connectivity index (χ0v) is 13.9. The fraction of sp³-hybridized carbons (Fsp3) is 0.0952. The number of ether oxygens (including phenoxy) is 2. The molecule has 4 heteroatoms. The number of carbonyl (C=O) groups excluding carboxylic acids is 1. The van der Waals surface area contributed by atoms with Crippen LogP contribution in [0.4, 0.5) is 10.5 Å². The Bertz CT molecular complexity index is 802. The first-order valence-electron chi connectivity index (χ1n) is 8.06.